The molecule has 0 aliphatic heterocycles. The van der Waals surface area contributed by atoms with Crippen molar-refractivity contribution in [1.82, 2.24) is 0 Å². The summed E-state index contributed by atoms with van der Waals surface area (Å²) in [6, 6.07) is 8.10. The Morgan fingerprint density at radius 1 is 0.531 bits per heavy atom. The van der Waals surface area contributed by atoms with Gasteiger partial charge in [-0.25, -0.2) is 0 Å². The van der Waals surface area contributed by atoms with Crippen LogP contribution >= 0.6 is 15.6 Å². The normalized spacial score (nSPS) is 15.8. The van der Waals surface area contributed by atoms with Crippen molar-refractivity contribution < 1.29 is 69.5 Å². The van der Waals surface area contributed by atoms with E-state index in [1.807, 2.05) is 62.9 Å². The van der Waals surface area contributed by atoms with E-state index < -0.39 is 15.6 Å². The first-order chi connectivity index (χ1) is 13.7. The summed E-state index contributed by atoms with van der Waals surface area (Å²) in [4.78, 5) is 10.7. The number of nitrogens with zero attached hydrogens (tertiary/aromatic N) is 2. The van der Waals surface area contributed by atoms with Gasteiger partial charge in [-0.3, -0.25) is 9.68 Å². The van der Waals surface area contributed by atoms with E-state index in [1.54, 1.807) is 9.46 Å². The van der Waals surface area contributed by atoms with Gasteiger partial charge in [-0.15, -0.1) is 0 Å². The number of pyridine rings is 2. The van der Waals surface area contributed by atoms with Crippen LogP contribution in [-0.4, -0.2) is 13.2 Å². The van der Waals surface area contributed by atoms with E-state index in [4.69, 9.17) is 9.68 Å². The van der Waals surface area contributed by atoms with Crippen molar-refractivity contribution in [3.63, 3.8) is 0 Å². The molecule has 0 aliphatic rings. The van der Waals surface area contributed by atoms with E-state index in [-0.39, 0.29) is 0 Å². The standard InChI is InChI=1S/C14H18N2O2.2F6P/c1-3-17-15-9-5-13(6-10-15)14-7-11-16(12-8-14)18-4-2;2*1-7(2,3,4,5)6/h5-12H,3-4H2,1-2H3;;/q+2;2*-1. The Balaban J connectivity index is 0.000000570. The van der Waals surface area contributed by atoms with Crippen LogP contribution in [0.4, 0.5) is 50.4 Å². The van der Waals surface area contributed by atoms with E-state index in [1.165, 1.54) is 0 Å². The summed E-state index contributed by atoms with van der Waals surface area (Å²) in [7, 11) is -21.3. The quantitative estimate of drug-likeness (QED) is 0.224. The number of hydrogen-bond donors (Lipinski definition) is 0. The molecule has 2 aromatic rings. The molecule has 0 fully saturated rings. The molecule has 32 heavy (non-hydrogen) atoms. The minimum absolute atomic E-state index is 0.656. The molecule has 0 saturated heterocycles. The maximum atomic E-state index is 9.87. The van der Waals surface area contributed by atoms with Gasteiger partial charge in [-0.05, 0) is 25.0 Å². The molecule has 18 heteroatoms. The summed E-state index contributed by atoms with van der Waals surface area (Å²) in [5.41, 5.74) is 2.30. The number of aromatic nitrogens is 2. The van der Waals surface area contributed by atoms with Crippen molar-refractivity contribution in [3.8, 4) is 11.1 Å². The van der Waals surface area contributed by atoms with Crippen molar-refractivity contribution in [2.24, 2.45) is 0 Å². The zero-order chi connectivity index (χ0) is 25.6. The first-order valence-electron chi connectivity index (χ1n) is 8.16. The van der Waals surface area contributed by atoms with E-state index in [0.29, 0.717) is 13.2 Å². The van der Waals surface area contributed by atoms with Crippen LogP contribution in [0.1, 0.15) is 13.8 Å². The van der Waals surface area contributed by atoms with Crippen LogP contribution in [-0.2, 0) is 0 Å². The van der Waals surface area contributed by atoms with Crippen molar-refractivity contribution in [1.29, 1.82) is 0 Å². The fraction of sp³-hybridized carbons (Fsp3) is 0.286. The van der Waals surface area contributed by atoms with Crippen LogP contribution in [0.15, 0.2) is 49.1 Å². The Bertz CT molecular complexity index is 769. The summed E-state index contributed by atoms with van der Waals surface area (Å²) >= 11 is 0. The molecular formula is C14H18F12N2O2P2. The van der Waals surface area contributed by atoms with Gasteiger partial charge in [-0.1, -0.05) is 0 Å². The summed E-state index contributed by atoms with van der Waals surface area (Å²) < 4.78 is 122. The van der Waals surface area contributed by atoms with Crippen molar-refractivity contribution in [2.45, 2.75) is 13.8 Å². The Morgan fingerprint density at radius 2 is 0.719 bits per heavy atom. The van der Waals surface area contributed by atoms with Crippen LogP contribution < -0.4 is 19.1 Å². The number of hydrogen-bond acceptors (Lipinski definition) is 2. The van der Waals surface area contributed by atoms with Crippen molar-refractivity contribution >= 4 is 15.6 Å². The predicted octanol–water partition coefficient (Wildman–Crippen LogP) is 7.59. The van der Waals surface area contributed by atoms with E-state index in [9.17, 15) is 50.4 Å². The third-order valence-corrected chi connectivity index (χ3v) is 2.49. The van der Waals surface area contributed by atoms with Gasteiger partial charge in [0.15, 0.2) is 13.2 Å². The molecule has 0 unspecified atom stereocenters. The SMILES string of the molecule is CCO[n+]1ccc(-c2cc[n+](OCC)cc2)cc1.F[P-](F)(F)(F)(F)F.F[P-](F)(F)(F)(F)F. The molecule has 0 N–H and O–H groups in total. The average Bonchev–Trinajstić information content (AvgIpc) is 2.51. The summed E-state index contributed by atoms with van der Waals surface area (Å²) in [5.74, 6) is 0. The Kier molecular flexibility index (Phi) is 7.82. The topological polar surface area (TPSA) is 26.2 Å². The molecule has 0 amide bonds. The monoisotopic (exact) mass is 536 g/mol. The zero-order valence-corrected chi connectivity index (χ0v) is 18.0. The number of rotatable bonds is 5. The van der Waals surface area contributed by atoms with Crippen LogP contribution in [0.25, 0.3) is 11.1 Å². The minimum atomic E-state index is -10.7. The summed E-state index contributed by atoms with van der Waals surface area (Å²) in [6.07, 6.45) is 7.62. The second-order valence-corrected chi connectivity index (χ2v) is 9.48. The van der Waals surface area contributed by atoms with Gasteiger partial charge in [-0.2, -0.15) is 0 Å². The first kappa shape index (κ1) is 29.9. The van der Waals surface area contributed by atoms with Gasteiger partial charge in [0.25, 0.3) is 0 Å². The van der Waals surface area contributed by atoms with Gasteiger partial charge >= 0.3 is 66.0 Å². The second-order valence-electron chi connectivity index (χ2n) is 5.65. The maximum absolute atomic E-state index is 10.7. The Hall–Kier alpha value is -2.08. The van der Waals surface area contributed by atoms with Gasteiger partial charge in [0.1, 0.15) is 0 Å². The molecule has 190 valence electrons. The van der Waals surface area contributed by atoms with Gasteiger partial charge in [0, 0.05) is 33.7 Å². The van der Waals surface area contributed by atoms with Gasteiger partial charge < -0.3 is 0 Å². The van der Waals surface area contributed by atoms with Crippen molar-refractivity contribution in [3.05, 3.63) is 49.1 Å². The Morgan fingerprint density at radius 3 is 0.875 bits per heavy atom. The molecule has 0 spiro atoms. The summed E-state index contributed by atoms with van der Waals surface area (Å²) in [5, 5.41) is 0. The van der Waals surface area contributed by atoms with Crippen LogP contribution in [0.3, 0.4) is 0 Å². The van der Waals surface area contributed by atoms with Gasteiger partial charge in [0.05, 0.1) is 0 Å². The molecule has 0 atom stereocenters. The molecule has 0 radical (unpaired) electrons. The van der Waals surface area contributed by atoms with E-state index in [0.717, 1.165) is 11.1 Å². The molecule has 0 aliphatic carbocycles. The fourth-order valence-corrected chi connectivity index (χ4v) is 1.68. The second kappa shape index (κ2) is 8.36. The molecule has 0 bridgehead atoms. The molecule has 0 saturated carbocycles. The fourth-order valence-electron chi connectivity index (χ4n) is 1.68. The molecule has 2 rings (SSSR count). The third-order valence-electron chi connectivity index (χ3n) is 2.49. The van der Waals surface area contributed by atoms with E-state index >= 15 is 0 Å². The van der Waals surface area contributed by atoms with Crippen LogP contribution in [0, 0.1) is 0 Å². The first-order valence-corrected chi connectivity index (χ1v) is 12.2. The molecule has 2 aromatic heterocycles. The zero-order valence-electron chi connectivity index (χ0n) is 16.2. The molecular weight excluding hydrogens is 518 g/mol. The van der Waals surface area contributed by atoms with Crippen LogP contribution in [0.5, 0.6) is 0 Å². The summed E-state index contributed by atoms with van der Waals surface area (Å²) in [6.45, 7) is 5.24. The average molecular weight is 536 g/mol. The van der Waals surface area contributed by atoms with Gasteiger partial charge in [0.2, 0.25) is 24.8 Å². The molecule has 4 nitrogen and oxygen atoms in total. The predicted molar refractivity (Wildman–Crippen MR) is 93.6 cm³/mol. The van der Waals surface area contributed by atoms with Crippen molar-refractivity contribution in [2.75, 3.05) is 13.2 Å². The van der Waals surface area contributed by atoms with Crippen LogP contribution in [0.2, 0.25) is 0 Å². The third kappa shape index (κ3) is 26.0. The molecule has 0 aromatic carbocycles. The van der Waals surface area contributed by atoms with E-state index in [2.05, 4.69) is 0 Å². The number of halogens is 12. The Labute approximate surface area is 173 Å². The molecule has 2 heterocycles.